The molecule has 0 radical (unpaired) electrons. The van der Waals surface area contributed by atoms with E-state index in [0.717, 1.165) is 39.3 Å². The van der Waals surface area contributed by atoms with E-state index in [4.69, 9.17) is 0 Å². The summed E-state index contributed by atoms with van der Waals surface area (Å²) >= 11 is 0. The Morgan fingerprint density at radius 2 is 1.52 bits per heavy atom. The molecule has 0 spiro atoms. The zero-order chi connectivity index (χ0) is 15.5. The van der Waals surface area contributed by atoms with Crippen molar-refractivity contribution < 1.29 is 5.11 Å². The van der Waals surface area contributed by atoms with Gasteiger partial charge >= 0.3 is 0 Å². The van der Waals surface area contributed by atoms with Gasteiger partial charge in [0.2, 0.25) is 0 Å². The molecule has 1 aliphatic rings. The molecule has 1 aromatic carbocycles. The third-order valence-corrected chi connectivity index (χ3v) is 4.13. The maximum atomic E-state index is 9.89. The molecule has 1 aliphatic heterocycles. The Morgan fingerprint density at radius 3 is 2.00 bits per heavy atom. The van der Waals surface area contributed by atoms with Crippen molar-refractivity contribution in [1.82, 2.24) is 9.80 Å². The van der Waals surface area contributed by atoms with Crippen molar-refractivity contribution in [3.05, 3.63) is 35.4 Å². The smallest absolute Gasteiger partial charge is 0.0718 e. The highest BCUT2D eigenvalue weighted by Crippen LogP contribution is 2.16. The molecule has 0 unspecified atom stereocenters. The molecule has 0 saturated carbocycles. The molecular formula is C18H30N2O. The Bertz CT molecular complexity index is 426. The summed E-state index contributed by atoms with van der Waals surface area (Å²) in [5, 5.41) is 9.89. The second kappa shape index (κ2) is 6.91. The van der Waals surface area contributed by atoms with Crippen LogP contribution in [0, 0.1) is 0 Å². The number of piperazine rings is 1. The SMILES string of the molecule is CC(C)c1ccc(CN2CCN(CC(C)(C)O)CC2)cc1. The van der Waals surface area contributed by atoms with Crippen LogP contribution in [0.2, 0.25) is 0 Å². The third kappa shape index (κ3) is 5.42. The van der Waals surface area contributed by atoms with Crippen LogP contribution in [0.3, 0.4) is 0 Å². The quantitative estimate of drug-likeness (QED) is 0.903. The molecule has 0 amide bonds. The molecule has 1 fully saturated rings. The number of hydrogen-bond donors (Lipinski definition) is 1. The summed E-state index contributed by atoms with van der Waals surface area (Å²) in [4.78, 5) is 4.86. The van der Waals surface area contributed by atoms with Gasteiger partial charge in [0, 0.05) is 39.3 Å². The fourth-order valence-electron chi connectivity index (χ4n) is 2.92. The second-order valence-electron chi connectivity index (χ2n) is 7.26. The van der Waals surface area contributed by atoms with Crippen LogP contribution < -0.4 is 0 Å². The highest BCUT2D eigenvalue weighted by Gasteiger charge is 2.22. The molecule has 3 heteroatoms. The van der Waals surface area contributed by atoms with E-state index in [1.165, 1.54) is 11.1 Å². The van der Waals surface area contributed by atoms with E-state index in [9.17, 15) is 5.11 Å². The van der Waals surface area contributed by atoms with Crippen molar-refractivity contribution in [2.45, 2.75) is 45.8 Å². The van der Waals surface area contributed by atoms with Gasteiger partial charge in [-0.05, 0) is 30.9 Å². The number of β-amino-alcohol motifs (C(OH)–C–C–N with tert-alkyl or cyclic N) is 1. The molecule has 1 saturated heterocycles. The Labute approximate surface area is 129 Å². The molecule has 1 aromatic rings. The van der Waals surface area contributed by atoms with Crippen LogP contribution in [0.4, 0.5) is 0 Å². The van der Waals surface area contributed by atoms with Gasteiger partial charge < -0.3 is 5.11 Å². The summed E-state index contributed by atoms with van der Waals surface area (Å²) in [5.74, 6) is 0.601. The standard InChI is InChI=1S/C18H30N2O/c1-15(2)17-7-5-16(6-8-17)13-19-9-11-20(12-10-19)14-18(3,4)21/h5-8,15,21H,9-14H2,1-4H3. The van der Waals surface area contributed by atoms with Crippen molar-refractivity contribution in [3.63, 3.8) is 0 Å². The molecule has 0 bridgehead atoms. The Morgan fingerprint density at radius 1 is 1.00 bits per heavy atom. The van der Waals surface area contributed by atoms with Crippen LogP contribution in [0.1, 0.15) is 44.7 Å². The fraction of sp³-hybridized carbons (Fsp3) is 0.667. The maximum Gasteiger partial charge on any atom is 0.0718 e. The number of rotatable bonds is 5. The van der Waals surface area contributed by atoms with Gasteiger partial charge in [-0.3, -0.25) is 9.80 Å². The lowest BCUT2D eigenvalue weighted by Gasteiger charge is -2.37. The molecule has 0 aromatic heterocycles. The lowest BCUT2D eigenvalue weighted by Crippen LogP contribution is -2.50. The first-order valence-electron chi connectivity index (χ1n) is 8.09. The Balaban J connectivity index is 1.80. The van der Waals surface area contributed by atoms with E-state index in [-0.39, 0.29) is 0 Å². The van der Waals surface area contributed by atoms with Gasteiger partial charge in [0.15, 0.2) is 0 Å². The van der Waals surface area contributed by atoms with E-state index in [2.05, 4.69) is 47.9 Å². The maximum absolute atomic E-state index is 9.89. The van der Waals surface area contributed by atoms with E-state index in [1.54, 1.807) is 0 Å². The van der Waals surface area contributed by atoms with Gasteiger partial charge in [0.25, 0.3) is 0 Å². The van der Waals surface area contributed by atoms with Gasteiger partial charge in [-0.1, -0.05) is 38.1 Å². The molecule has 21 heavy (non-hydrogen) atoms. The van der Waals surface area contributed by atoms with Crippen molar-refractivity contribution in [2.75, 3.05) is 32.7 Å². The first-order valence-corrected chi connectivity index (χ1v) is 8.09. The molecule has 3 nitrogen and oxygen atoms in total. The first kappa shape index (κ1) is 16.5. The second-order valence-corrected chi connectivity index (χ2v) is 7.26. The fourth-order valence-corrected chi connectivity index (χ4v) is 2.92. The zero-order valence-electron chi connectivity index (χ0n) is 14.0. The number of aliphatic hydroxyl groups is 1. The highest BCUT2D eigenvalue weighted by molar-refractivity contribution is 5.24. The summed E-state index contributed by atoms with van der Waals surface area (Å²) in [7, 11) is 0. The molecule has 2 rings (SSSR count). The highest BCUT2D eigenvalue weighted by atomic mass is 16.3. The third-order valence-electron chi connectivity index (χ3n) is 4.13. The zero-order valence-corrected chi connectivity index (χ0v) is 14.0. The number of nitrogens with zero attached hydrogens (tertiary/aromatic N) is 2. The van der Waals surface area contributed by atoms with E-state index >= 15 is 0 Å². The van der Waals surface area contributed by atoms with Crippen molar-refractivity contribution in [3.8, 4) is 0 Å². The first-order chi connectivity index (χ1) is 9.83. The van der Waals surface area contributed by atoms with Crippen LogP contribution in [0.25, 0.3) is 0 Å². The topological polar surface area (TPSA) is 26.7 Å². The number of benzene rings is 1. The lowest BCUT2D eigenvalue weighted by atomic mass is 10.0. The van der Waals surface area contributed by atoms with Crippen LogP contribution in [-0.2, 0) is 6.54 Å². The number of hydrogen-bond acceptors (Lipinski definition) is 3. The predicted octanol–water partition coefficient (Wildman–Crippen LogP) is 2.70. The lowest BCUT2D eigenvalue weighted by molar-refractivity contribution is 0.0167. The minimum atomic E-state index is -0.588. The van der Waals surface area contributed by atoms with Crippen molar-refractivity contribution >= 4 is 0 Å². The molecule has 0 atom stereocenters. The van der Waals surface area contributed by atoms with E-state index in [1.807, 2.05) is 13.8 Å². The van der Waals surface area contributed by atoms with Crippen LogP contribution in [0.15, 0.2) is 24.3 Å². The van der Waals surface area contributed by atoms with Crippen molar-refractivity contribution in [2.24, 2.45) is 0 Å². The van der Waals surface area contributed by atoms with Crippen LogP contribution in [0.5, 0.6) is 0 Å². The van der Waals surface area contributed by atoms with Gasteiger partial charge in [-0.15, -0.1) is 0 Å². The van der Waals surface area contributed by atoms with E-state index < -0.39 is 5.60 Å². The summed E-state index contributed by atoms with van der Waals surface area (Å²) in [6.07, 6.45) is 0. The van der Waals surface area contributed by atoms with Gasteiger partial charge in [-0.2, -0.15) is 0 Å². The summed E-state index contributed by atoms with van der Waals surface area (Å²) in [6, 6.07) is 9.03. The monoisotopic (exact) mass is 290 g/mol. The molecular weight excluding hydrogens is 260 g/mol. The van der Waals surface area contributed by atoms with Crippen molar-refractivity contribution in [1.29, 1.82) is 0 Å². The average molecular weight is 290 g/mol. The molecule has 1 heterocycles. The van der Waals surface area contributed by atoms with E-state index in [0.29, 0.717) is 5.92 Å². The van der Waals surface area contributed by atoms with Crippen LogP contribution in [-0.4, -0.2) is 53.2 Å². The summed E-state index contributed by atoms with van der Waals surface area (Å²) in [5.41, 5.74) is 2.22. The minimum absolute atomic E-state index is 0.588. The summed E-state index contributed by atoms with van der Waals surface area (Å²) < 4.78 is 0. The van der Waals surface area contributed by atoms with Gasteiger partial charge in [-0.25, -0.2) is 0 Å². The molecule has 118 valence electrons. The van der Waals surface area contributed by atoms with Gasteiger partial charge in [0.1, 0.15) is 0 Å². The minimum Gasteiger partial charge on any atom is -0.389 e. The largest absolute Gasteiger partial charge is 0.389 e. The van der Waals surface area contributed by atoms with Crippen LogP contribution >= 0.6 is 0 Å². The summed E-state index contributed by atoms with van der Waals surface area (Å²) in [6.45, 7) is 14.3. The predicted molar refractivity (Wildman–Crippen MR) is 88.5 cm³/mol. The normalized spacial score (nSPS) is 18.4. The average Bonchev–Trinajstić information content (AvgIpc) is 2.40. The molecule has 0 aliphatic carbocycles. The Kier molecular flexibility index (Phi) is 5.42. The molecule has 1 N–H and O–H groups in total. The Hall–Kier alpha value is -0.900. The van der Waals surface area contributed by atoms with Gasteiger partial charge in [0.05, 0.1) is 5.60 Å².